The summed E-state index contributed by atoms with van der Waals surface area (Å²) in [7, 11) is 1.93. The molecule has 10 heteroatoms. The molecule has 0 fully saturated rings. The van der Waals surface area contributed by atoms with Crippen LogP contribution in [-0.4, -0.2) is 44.9 Å². The van der Waals surface area contributed by atoms with Crippen molar-refractivity contribution in [3.63, 3.8) is 0 Å². The number of fused-ring (bicyclic) bond motifs is 1. The zero-order valence-corrected chi connectivity index (χ0v) is 26.1. The summed E-state index contributed by atoms with van der Waals surface area (Å²) < 4.78 is 0. The number of pyridine rings is 1. The normalized spacial score (nSPS) is 15.0. The second-order valence-electron chi connectivity index (χ2n) is 9.74. The van der Waals surface area contributed by atoms with Gasteiger partial charge in [0.1, 0.15) is 11.6 Å². The van der Waals surface area contributed by atoms with E-state index in [-0.39, 0.29) is 20.1 Å². The van der Waals surface area contributed by atoms with Gasteiger partial charge in [-0.1, -0.05) is 18.1 Å². The topological polar surface area (TPSA) is 58.1 Å². The van der Waals surface area contributed by atoms with Crippen LogP contribution in [0.4, 0.5) is 28.7 Å². The van der Waals surface area contributed by atoms with Crippen LogP contribution in [-0.2, 0) is 20.1 Å². The van der Waals surface area contributed by atoms with E-state index >= 15 is 0 Å². The summed E-state index contributed by atoms with van der Waals surface area (Å²) in [4.78, 5) is 25.2. The van der Waals surface area contributed by atoms with E-state index in [1.54, 1.807) is 30.9 Å². The monoisotopic (exact) mass is 746 g/mol. The number of hydrogen-bond donors (Lipinski definition) is 0. The SMILES string of the molecule is CN1[CH-]N(c2[c-]ccnc2)c2nccnc21.[Ir].[c-]1ccccc1N1C=CN(CCCCN2C=CN(c3[c-]cccc3)[CH-]2)[CH-]1. The van der Waals surface area contributed by atoms with Gasteiger partial charge in [-0.25, -0.2) is 9.97 Å². The van der Waals surface area contributed by atoms with Crippen molar-refractivity contribution >= 4 is 28.7 Å². The summed E-state index contributed by atoms with van der Waals surface area (Å²) >= 11 is 0. The molecule has 3 aliphatic heterocycles. The second-order valence-corrected chi connectivity index (χ2v) is 9.74. The number of hydrogen-bond acceptors (Lipinski definition) is 9. The Morgan fingerprint density at radius 1 is 0.651 bits per heavy atom. The molecule has 0 N–H and O–H groups in total. The van der Waals surface area contributed by atoms with Gasteiger partial charge >= 0.3 is 0 Å². The molecule has 9 nitrogen and oxygen atoms in total. The van der Waals surface area contributed by atoms with E-state index in [0.717, 1.165) is 54.6 Å². The number of rotatable bonds is 8. The Labute approximate surface area is 267 Å². The van der Waals surface area contributed by atoms with E-state index in [9.17, 15) is 0 Å². The quantitative estimate of drug-likeness (QED) is 0.170. The first kappa shape index (κ1) is 30.1. The summed E-state index contributed by atoms with van der Waals surface area (Å²) in [5.41, 5.74) is 3.00. The van der Waals surface area contributed by atoms with Gasteiger partial charge in [-0.2, -0.15) is 86.1 Å². The fraction of sp³-hybridized carbons (Fsp3) is 0.152. The van der Waals surface area contributed by atoms with Crippen molar-refractivity contribution < 1.29 is 20.1 Å². The third kappa shape index (κ3) is 7.52. The number of benzene rings is 2. The first-order chi connectivity index (χ1) is 20.7. The summed E-state index contributed by atoms with van der Waals surface area (Å²) in [5, 5.41) is 0. The minimum atomic E-state index is 0. The number of para-hydroxylation sites is 2. The van der Waals surface area contributed by atoms with E-state index in [1.165, 1.54) is 0 Å². The van der Waals surface area contributed by atoms with E-state index in [0.29, 0.717) is 0 Å². The first-order valence-electron chi connectivity index (χ1n) is 13.8. The molecule has 0 bridgehead atoms. The van der Waals surface area contributed by atoms with Gasteiger partial charge < -0.3 is 34.4 Å². The van der Waals surface area contributed by atoms with Crippen molar-refractivity contribution in [2.24, 2.45) is 0 Å². The molecular formula is C33H31IrN9-6. The Balaban J connectivity index is 0.000000186. The van der Waals surface area contributed by atoms with Gasteiger partial charge in [0.15, 0.2) is 0 Å². The van der Waals surface area contributed by atoms with Crippen molar-refractivity contribution in [2.75, 3.05) is 39.7 Å². The van der Waals surface area contributed by atoms with Crippen molar-refractivity contribution in [1.29, 1.82) is 0 Å². The fourth-order valence-corrected chi connectivity index (χ4v) is 4.66. The second kappa shape index (κ2) is 14.7. The molecule has 0 amide bonds. The standard InChI is InChI=1S/C22H22N4.C11H9N5.Ir/c1-3-9-21(10-4-1)25-17-15-23(19-25)13-7-8-14-24-16-18-26(20-24)22-11-5-2-6-12-22;1-15-8-16(9-3-2-4-12-7-9)11-10(15)13-5-6-14-11;/h1-6,9,11,15-20H,7-8,13-14H2;2,4-8H,1H3;/q-4;-2;. The molecule has 7 rings (SSSR count). The van der Waals surface area contributed by atoms with Crippen molar-refractivity contribution in [2.45, 2.75) is 12.8 Å². The molecule has 2 aromatic carbocycles. The van der Waals surface area contributed by atoms with Crippen LogP contribution in [0.25, 0.3) is 0 Å². The molecule has 3 aliphatic rings. The van der Waals surface area contributed by atoms with Crippen LogP contribution in [0, 0.1) is 38.2 Å². The Bertz CT molecular complexity index is 1400. The summed E-state index contributed by atoms with van der Waals surface area (Å²) in [5.74, 6) is 1.63. The Kier molecular flexibility index (Phi) is 10.3. The van der Waals surface area contributed by atoms with Gasteiger partial charge in [0.2, 0.25) is 0 Å². The van der Waals surface area contributed by atoms with E-state index < -0.39 is 0 Å². The zero-order valence-electron chi connectivity index (χ0n) is 23.7. The summed E-state index contributed by atoms with van der Waals surface area (Å²) in [6, 6.07) is 27.4. The minimum absolute atomic E-state index is 0. The Morgan fingerprint density at radius 2 is 1.23 bits per heavy atom. The average molecular weight is 746 g/mol. The van der Waals surface area contributed by atoms with Crippen molar-refractivity contribution in [1.82, 2.24) is 24.8 Å². The molecule has 0 unspecified atom stereocenters. The third-order valence-electron chi connectivity index (χ3n) is 6.77. The minimum Gasteiger partial charge on any atom is -0.508 e. The molecule has 2 aromatic heterocycles. The van der Waals surface area contributed by atoms with Gasteiger partial charge in [-0.15, -0.1) is 18.0 Å². The Morgan fingerprint density at radius 3 is 1.77 bits per heavy atom. The maximum Gasteiger partial charge on any atom is 0.144 e. The predicted octanol–water partition coefficient (Wildman–Crippen LogP) is 5.57. The van der Waals surface area contributed by atoms with E-state index in [1.807, 2.05) is 59.9 Å². The van der Waals surface area contributed by atoms with Gasteiger partial charge in [0, 0.05) is 32.5 Å². The molecule has 0 saturated carbocycles. The Hall–Kier alpha value is -4.40. The molecule has 4 aromatic rings. The van der Waals surface area contributed by atoms with Gasteiger partial charge in [0.25, 0.3) is 0 Å². The molecular weight excluding hydrogens is 715 g/mol. The van der Waals surface area contributed by atoms with Crippen molar-refractivity contribution in [3.8, 4) is 0 Å². The zero-order chi connectivity index (χ0) is 28.6. The van der Waals surface area contributed by atoms with E-state index in [4.69, 9.17) is 0 Å². The maximum atomic E-state index is 4.31. The smallest absolute Gasteiger partial charge is 0.144 e. The van der Waals surface area contributed by atoms with Crippen LogP contribution in [0.5, 0.6) is 0 Å². The molecule has 5 heterocycles. The van der Waals surface area contributed by atoms with Gasteiger partial charge in [0.05, 0.1) is 0 Å². The van der Waals surface area contributed by atoms with Crippen LogP contribution in [0.1, 0.15) is 12.8 Å². The molecule has 0 saturated heterocycles. The van der Waals surface area contributed by atoms with Gasteiger partial charge in [-0.3, -0.25) is 0 Å². The fourth-order valence-electron chi connectivity index (χ4n) is 4.66. The molecule has 0 aliphatic carbocycles. The molecule has 0 spiro atoms. The average Bonchev–Trinajstić information content (AvgIpc) is 3.81. The molecule has 223 valence electrons. The van der Waals surface area contributed by atoms with Crippen LogP contribution < -0.4 is 19.6 Å². The van der Waals surface area contributed by atoms with Crippen molar-refractivity contribution in [3.05, 3.63) is 142 Å². The van der Waals surface area contributed by atoms with Crippen LogP contribution in [0.15, 0.2) is 104 Å². The van der Waals surface area contributed by atoms with E-state index in [2.05, 4.69) is 103 Å². The number of aromatic nitrogens is 3. The van der Waals surface area contributed by atoms with Crippen LogP contribution >= 0.6 is 0 Å². The summed E-state index contributed by atoms with van der Waals surface area (Å²) in [6.07, 6.45) is 17.5. The number of unbranched alkanes of at least 4 members (excludes halogenated alkanes) is 1. The largest absolute Gasteiger partial charge is 0.508 e. The maximum absolute atomic E-state index is 4.31. The molecule has 0 atom stereocenters. The predicted molar refractivity (Wildman–Crippen MR) is 165 cm³/mol. The summed E-state index contributed by atoms with van der Waals surface area (Å²) in [6.45, 7) is 8.21. The first-order valence-corrected chi connectivity index (χ1v) is 13.8. The molecule has 43 heavy (non-hydrogen) atoms. The van der Waals surface area contributed by atoms with Crippen LogP contribution in [0.3, 0.4) is 0 Å². The number of anilines is 5. The van der Waals surface area contributed by atoms with Crippen LogP contribution in [0.2, 0.25) is 0 Å². The third-order valence-corrected chi connectivity index (χ3v) is 6.77. The number of nitrogens with zero attached hydrogens (tertiary/aromatic N) is 9. The molecule has 1 radical (unpaired) electrons. The van der Waals surface area contributed by atoms with Gasteiger partial charge in [-0.05, 0) is 57.8 Å².